The second-order valence-corrected chi connectivity index (χ2v) is 3.15. The Hall–Kier alpha value is -1.58. The summed E-state index contributed by atoms with van der Waals surface area (Å²) in [5.74, 6) is 0.000952. The number of rotatable bonds is 4. The maximum atomic E-state index is 10.8. The quantitative estimate of drug-likeness (QED) is 0.436. The zero-order valence-electron chi connectivity index (χ0n) is 9.59. The van der Waals surface area contributed by atoms with Crippen LogP contribution in [0, 0.1) is 0 Å². The van der Waals surface area contributed by atoms with Gasteiger partial charge in [-0.3, -0.25) is 9.59 Å². The van der Waals surface area contributed by atoms with Crippen LogP contribution in [0.5, 0.6) is 0 Å². The Morgan fingerprint density at radius 1 is 1.27 bits per heavy atom. The van der Waals surface area contributed by atoms with Crippen LogP contribution in [-0.2, 0) is 14.3 Å². The van der Waals surface area contributed by atoms with Crippen molar-refractivity contribution in [3.8, 4) is 0 Å². The maximum Gasteiger partial charge on any atom is 0.308 e. The molecule has 1 amide bonds. The van der Waals surface area contributed by atoms with Gasteiger partial charge < -0.3 is 10.1 Å². The van der Waals surface area contributed by atoms with Gasteiger partial charge in [-0.15, -0.1) is 0 Å². The largest absolute Gasteiger partial charge is 0.427 e. The van der Waals surface area contributed by atoms with Gasteiger partial charge in [-0.1, -0.05) is 6.08 Å². The van der Waals surface area contributed by atoms with Crippen LogP contribution in [0.15, 0.2) is 23.5 Å². The first-order chi connectivity index (χ1) is 6.97. The molecule has 0 radical (unpaired) electrons. The summed E-state index contributed by atoms with van der Waals surface area (Å²) in [6.07, 6.45) is 3.47. The van der Waals surface area contributed by atoms with E-state index in [4.69, 9.17) is 4.74 Å². The molecule has 0 unspecified atom stereocenters. The van der Waals surface area contributed by atoms with Crippen LogP contribution in [-0.4, -0.2) is 18.4 Å². The molecule has 4 nitrogen and oxygen atoms in total. The van der Waals surface area contributed by atoms with Crippen molar-refractivity contribution in [1.82, 2.24) is 5.32 Å². The molecule has 0 saturated heterocycles. The lowest BCUT2D eigenvalue weighted by Crippen LogP contribution is -2.22. The average Bonchev–Trinajstić information content (AvgIpc) is 2.12. The van der Waals surface area contributed by atoms with Gasteiger partial charge in [0.15, 0.2) is 0 Å². The van der Waals surface area contributed by atoms with Crippen LogP contribution in [0.25, 0.3) is 0 Å². The standard InChI is InChI=1S/C11H17NO3/c1-5-6-11(15-10(4)14)8(2)7-12-9(3)13/h5-6H,7H2,1-4H3,(H,12,13). The van der Waals surface area contributed by atoms with E-state index in [-0.39, 0.29) is 11.9 Å². The van der Waals surface area contributed by atoms with E-state index in [9.17, 15) is 9.59 Å². The summed E-state index contributed by atoms with van der Waals surface area (Å²) in [5.41, 5.74) is 0.804. The van der Waals surface area contributed by atoms with Crippen molar-refractivity contribution < 1.29 is 14.3 Å². The zero-order valence-corrected chi connectivity index (χ0v) is 9.59. The molecule has 15 heavy (non-hydrogen) atoms. The van der Waals surface area contributed by atoms with E-state index in [1.54, 1.807) is 19.1 Å². The second kappa shape index (κ2) is 6.81. The molecule has 0 spiro atoms. The van der Waals surface area contributed by atoms with Crippen molar-refractivity contribution in [1.29, 1.82) is 0 Å². The first-order valence-corrected chi connectivity index (χ1v) is 4.72. The number of hydrogen-bond acceptors (Lipinski definition) is 3. The van der Waals surface area contributed by atoms with Crippen LogP contribution < -0.4 is 5.32 Å². The Kier molecular flexibility index (Phi) is 6.09. The van der Waals surface area contributed by atoms with Crippen LogP contribution in [0.4, 0.5) is 0 Å². The lowest BCUT2D eigenvalue weighted by molar-refractivity contribution is -0.136. The van der Waals surface area contributed by atoms with Gasteiger partial charge in [-0.05, 0) is 25.5 Å². The second-order valence-electron chi connectivity index (χ2n) is 3.15. The van der Waals surface area contributed by atoms with Crippen molar-refractivity contribution in [2.75, 3.05) is 6.54 Å². The third-order valence-corrected chi connectivity index (χ3v) is 1.59. The number of hydrogen-bond donors (Lipinski definition) is 1. The van der Waals surface area contributed by atoms with Crippen molar-refractivity contribution in [3.63, 3.8) is 0 Å². The SMILES string of the molecule is CC=CC(OC(C)=O)=C(C)CNC(C)=O. The van der Waals surface area contributed by atoms with Gasteiger partial charge in [0.2, 0.25) is 5.91 Å². The molecule has 0 bridgehead atoms. The highest BCUT2D eigenvalue weighted by atomic mass is 16.5. The molecule has 0 aromatic heterocycles. The minimum Gasteiger partial charge on any atom is -0.427 e. The highest BCUT2D eigenvalue weighted by Gasteiger charge is 2.04. The molecule has 0 aliphatic rings. The molecule has 4 heteroatoms. The fourth-order valence-electron chi connectivity index (χ4n) is 0.914. The smallest absolute Gasteiger partial charge is 0.308 e. The molecule has 1 N–H and O–H groups in total. The van der Waals surface area contributed by atoms with Crippen molar-refractivity contribution in [2.24, 2.45) is 0 Å². The summed E-state index contributed by atoms with van der Waals surface area (Å²) in [6.45, 7) is 6.79. The summed E-state index contributed by atoms with van der Waals surface area (Å²) in [6, 6.07) is 0. The van der Waals surface area contributed by atoms with Gasteiger partial charge in [0.1, 0.15) is 5.76 Å². The van der Waals surface area contributed by atoms with Gasteiger partial charge >= 0.3 is 5.97 Å². The summed E-state index contributed by atoms with van der Waals surface area (Å²) in [4.78, 5) is 21.5. The van der Waals surface area contributed by atoms with E-state index in [0.29, 0.717) is 12.3 Å². The Morgan fingerprint density at radius 3 is 2.27 bits per heavy atom. The highest BCUT2D eigenvalue weighted by Crippen LogP contribution is 2.07. The molecule has 0 saturated carbocycles. The molecule has 0 aromatic rings. The molecule has 0 atom stereocenters. The Bertz CT molecular complexity index is 303. The predicted molar refractivity (Wildman–Crippen MR) is 58.0 cm³/mol. The van der Waals surface area contributed by atoms with E-state index in [0.717, 1.165) is 5.57 Å². The third kappa shape index (κ3) is 6.49. The van der Waals surface area contributed by atoms with Crippen molar-refractivity contribution >= 4 is 11.9 Å². The molecule has 0 rings (SSSR count). The highest BCUT2D eigenvalue weighted by molar-refractivity contribution is 5.73. The molecule has 0 aliphatic heterocycles. The zero-order chi connectivity index (χ0) is 11.8. The number of carbonyl (C=O) groups is 2. The van der Waals surface area contributed by atoms with E-state index in [2.05, 4.69) is 5.32 Å². The van der Waals surface area contributed by atoms with Gasteiger partial charge in [-0.25, -0.2) is 0 Å². The fraction of sp³-hybridized carbons (Fsp3) is 0.455. The topological polar surface area (TPSA) is 55.4 Å². The average molecular weight is 211 g/mol. The van der Waals surface area contributed by atoms with Crippen molar-refractivity contribution in [2.45, 2.75) is 27.7 Å². The molecule has 0 heterocycles. The number of nitrogens with one attached hydrogen (secondary N) is 1. The number of esters is 1. The van der Waals surface area contributed by atoms with E-state index >= 15 is 0 Å². The van der Waals surface area contributed by atoms with Crippen LogP contribution in [0.2, 0.25) is 0 Å². The van der Waals surface area contributed by atoms with Gasteiger partial charge in [-0.2, -0.15) is 0 Å². The molecule has 0 aromatic carbocycles. The monoisotopic (exact) mass is 211 g/mol. The first kappa shape index (κ1) is 13.4. The van der Waals surface area contributed by atoms with E-state index < -0.39 is 0 Å². The molecule has 0 aliphatic carbocycles. The van der Waals surface area contributed by atoms with Crippen LogP contribution >= 0.6 is 0 Å². The Balaban J connectivity index is 4.59. The number of allylic oxidation sites excluding steroid dienone is 2. The number of carbonyl (C=O) groups excluding carboxylic acids is 2. The maximum absolute atomic E-state index is 10.8. The Labute approximate surface area is 90.0 Å². The van der Waals surface area contributed by atoms with Gasteiger partial charge in [0, 0.05) is 20.4 Å². The van der Waals surface area contributed by atoms with Crippen molar-refractivity contribution in [3.05, 3.63) is 23.5 Å². The summed E-state index contributed by atoms with van der Waals surface area (Å²) in [5, 5.41) is 2.64. The Morgan fingerprint density at radius 2 is 1.87 bits per heavy atom. The normalized spacial score (nSPS) is 12.3. The lowest BCUT2D eigenvalue weighted by atomic mass is 10.2. The number of amides is 1. The molecule has 0 fully saturated rings. The third-order valence-electron chi connectivity index (χ3n) is 1.59. The molecule has 84 valence electrons. The lowest BCUT2D eigenvalue weighted by Gasteiger charge is -2.08. The van der Waals surface area contributed by atoms with Crippen LogP contribution in [0.1, 0.15) is 27.7 Å². The van der Waals surface area contributed by atoms with Crippen LogP contribution in [0.3, 0.4) is 0 Å². The van der Waals surface area contributed by atoms with Gasteiger partial charge in [0.05, 0.1) is 0 Å². The van der Waals surface area contributed by atoms with E-state index in [1.165, 1.54) is 13.8 Å². The number of ether oxygens (including phenoxy) is 1. The summed E-state index contributed by atoms with van der Waals surface area (Å²) < 4.78 is 4.99. The summed E-state index contributed by atoms with van der Waals surface area (Å²) >= 11 is 0. The minimum atomic E-state index is -0.370. The predicted octanol–water partition coefficient (Wildman–Crippen LogP) is 1.54. The first-order valence-electron chi connectivity index (χ1n) is 4.72. The van der Waals surface area contributed by atoms with Gasteiger partial charge in [0.25, 0.3) is 0 Å². The summed E-state index contributed by atoms with van der Waals surface area (Å²) in [7, 11) is 0. The molecular weight excluding hydrogens is 194 g/mol. The fourth-order valence-corrected chi connectivity index (χ4v) is 0.914. The minimum absolute atomic E-state index is 0.114. The van der Waals surface area contributed by atoms with E-state index in [1.807, 2.05) is 6.92 Å². The molecular formula is C11H17NO3.